The normalized spacial score (nSPS) is 11.0. The first kappa shape index (κ1) is 14.0. The van der Waals surface area contributed by atoms with Gasteiger partial charge in [-0.15, -0.1) is 0 Å². The van der Waals surface area contributed by atoms with E-state index in [0.717, 1.165) is 0 Å². The molecule has 1 heterocycles. The molecule has 0 spiro atoms. The highest BCUT2D eigenvalue weighted by molar-refractivity contribution is 6.35. The lowest BCUT2D eigenvalue weighted by Gasteiger charge is -2.10. The summed E-state index contributed by atoms with van der Waals surface area (Å²) < 4.78 is 20.3. The molecule has 2 N–H and O–H groups in total. The summed E-state index contributed by atoms with van der Waals surface area (Å²) in [6, 6.07) is 7.81. The summed E-state index contributed by atoms with van der Waals surface area (Å²) in [6.45, 7) is 0. The first-order valence-corrected chi connectivity index (χ1v) is 6.73. The molecule has 0 unspecified atom stereocenters. The molecule has 0 saturated heterocycles. The van der Waals surface area contributed by atoms with Gasteiger partial charge in [0.2, 0.25) is 5.95 Å². The van der Waals surface area contributed by atoms with Gasteiger partial charge >= 0.3 is 0 Å². The number of halogens is 3. The van der Waals surface area contributed by atoms with E-state index in [1.807, 2.05) is 0 Å². The number of ether oxygens (including phenoxy) is 1. The fourth-order valence-electron chi connectivity index (χ4n) is 2.17. The SMILES string of the molecule is COc1cc2c(cc1F)nc(N)n2-c1ccc(Cl)cc1Cl. The maximum atomic E-state index is 13.7. The summed E-state index contributed by atoms with van der Waals surface area (Å²) in [6.07, 6.45) is 0. The van der Waals surface area contributed by atoms with Gasteiger partial charge in [0.25, 0.3) is 0 Å². The number of imidazole rings is 1. The number of nitrogens with two attached hydrogens (primary N) is 1. The van der Waals surface area contributed by atoms with Crippen molar-refractivity contribution >= 4 is 40.2 Å². The summed E-state index contributed by atoms with van der Waals surface area (Å²) in [4.78, 5) is 4.14. The van der Waals surface area contributed by atoms with E-state index in [4.69, 9.17) is 33.7 Å². The molecule has 21 heavy (non-hydrogen) atoms. The van der Waals surface area contributed by atoms with E-state index in [0.29, 0.717) is 26.8 Å². The van der Waals surface area contributed by atoms with Crippen molar-refractivity contribution in [3.8, 4) is 11.4 Å². The average molecular weight is 326 g/mol. The van der Waals surface area contributed by atoms with Crippen molar-refractivity contribution in [1.82, 2.24) is 9.55 Å². The molecule has 3 aromatic rings. The molecule has 0 radical (unpaired) electrons. The van der Waals surface area contributed by atoms with Crippen molar-refractivity contribution in [2.45, 2.75) is 0 Å². The highest BCUT2D eigenvalue weighted by Gasteiger charge is 2.16. The van der Waals surface area contributed by atoms with Crippen LogP contribution in [0.3, 0.4) is 0 Å². The Labute approximate surface area is 129 Å². The summed E-state index contributed by atoms with van der Waals surface area (Å²) in [5, 5.41) is 0.923. The zero-order valence-corrected chi connectivity index (χ0v) is 12.4. The Kier molecular flexibility index (Phi) is 3.39. The molecule has 3 rings (SSSR count). The zero-order chi connectivity index (χ0) is 15.1. The smallest absolute Gasteiger partial charge is 0.205 e. The molecule has 1 aromatic heterocycles. The van der Waals surface area contributed by atoms with Crippen molar-refractivity contribution in [3.63, 3.8) is 0 Å². The van der Waals surface area contributed by atoms with E-state index in [1.165, 1.54) is 19.2 Å². The Bertz CT molecular complexity index is 848. The lowest BCUT2D eigenvalue weighted by molar-refractivity contribution is 0.387. The third kappa shape index (κ3) is 2.28. The van der Waals surface area contributed by atoms with Gasteiger partial charge in [0.15, 0.2) is 11.6 Å². The molecule has 0 aliphatic heterocycles. The molecule has 0 aliphatic carbocycles. The molecule has 0 amide bonds. The number of fused-ring (bicyclic) bond motifs is 1. The molecule has 0 fully saturated rings. The van der Waals surface area contributed by atoms with Gasteiger partial charge < -0.3 is 10.5 Å². The Hall–Kier alpha value is -1.98. The van der Waals surface area contributed by atoms with Gasteiger partial charge in [-0.25, -0.2) is 9.37 Å². The van der Waals surface area contributed by atoms with Crippen LogP contribution in [0.1, 0.15) is 0 Å². The average Bonchev–Trinajstić information content (AvgIpc) is 2.73. The topological polar surface area (TPSA) is 53.1 Å². The summed E-state index contributed by atoms with van der Waals surface area (Å²) in [7, 11) is 1.39. The van der Waals surface area contributed by atoms with E-state index in [2.05, 4.69) is 4.98 Å². The fourth-order valence-corrected chi connectivity index (χ4v) is 2.66. The largest absolute Gasteiger partial charge is 0.494 e. The van der Waals surface area contributed by atoms with Crippen LogP contribution in [0.15, 0.2) is 30.3 Å². The second-order valence-electron chi connectivity index (χ2n) is 4.38. The Morgan fingerprint density at radius 3 is 2.67 bits per heavy atom. The summed E-state index contributed by atoms with van der Waals surface area (Å²) in [5.41, 5.74) is 7.54. The minimum Gasteiger partial charge on any atom is -0.494 e. The third-order valence-electron chi connectivity index (χ3n) is 3.10. The maximum Gasteiger partial charge on any atom is 0.205 e. The molecule has 2 aromatic carbocycles. The van der Waals surface area contributed by atoms with Crippen LogP contribution in [0, 0.1) is 5.82 Å². The predicted molar refractivity (Wildman–Crippen MR) is 82.0 cm³/mol. The van der Waals surface area contributed by atoms with E-state index < -0.39 is 5.82 Å². The maximum absolute atomic E-state index is 13.7. The number of anilines is 1. The standard InChI is InChI=1S/C14H10Cl2FN3O/c1-21-13-6-12-10(5-9(13)17)19-14(18)20(12)11-3-2-7(15)4-8(11)16/h2-6H,1H3,(H2,18,19). The van der Waals surface area contributed by atoms with Gasteiger partial charge in [0.05, 0.1) is 28.9 Å². The molecule has 0 atom stereocenters. The van der Waals surface area contributed by atoms with Crippen molar-refractivity contribution < 1.29 is 9.13 Å². The Morgan fingerprint density at radius 2 is 2.00 bits per heavy atom. The van der Waals surface area contributed by atoms with Crippen molar-refractivity contribution in [2.24, 2.45) is 0 Å². The van der Waals surface area contributed by atoms with Crippen LogP contribution in [0.4, 0.5) is 10.3 Å². The number of methoxy groups -OCH3 is 1. The first-order chi connectivity index (χ1) is 10.0. The summed E-state index contributed by atoms with van der Waals surface area (Å²) in [5.74, 6) is -0.201. The molecule has 4 nitrogen and oxygen atoms in total. The van der Waals surface area contributed by atoms with Gasteiger partial charge in [-0.1, -0.05) is 23.2 Å². The Balaban J connectivity index is 2.33. The third-order valence-corrected chi connectivity index (χ3v) is 3.64. The highest BCUT2D eigenvalue weighted by Crippen LogP contribution is 2.32. The molecule has 0 aliphatic rings. The Morgan fingerprint density at radius 1 is 1.24 bits per heavy atom. The van der Waals surface area contributed by atoms with Gasteiger partial charge in [0.1, 0.15) is 0 Å². The minimum absolute atomic E-state index is 0.105. The molecular formula is C14H10Cl2FN3O. The molecule has 0 saturated carbocycles. The number of hydrogen-bond donors (Lipinski definition) is 1. The number of nitrogens with zero attached hydrogens (tertiary/aromatic N) is 2. The van der Waals surface area contributed by atoms with Crippen molar-refractivity contribution in [2.75, 3.05) is 12.8 Å². The number of rotatable bonds is 2. The van der Waals surface area contributed by atoms with Crippen LogP contribution in [0.2, 0.25) is 10.0 Å². The predicted octanol–water partition coefficient (Wildman–Crippen LogP) is 4.06. The number of nitrogen functional groups attached to an aromatic ring is 1. The van der Waals surface area contributed by atoms with Crippen LogP contribution >= 0.6 is 23.2 Å². The van der Waals surface area contributed by atoms with E-state index in [-0.39, 0.29) is 11.7 Å². The highest BCUT2D eigenvalue weighted by atomic mass is 35.5. The lowest BCUT2D eigenvalue weighted by atomic mass is 10.2. The van der Waals surface area contributed by atoms with E-state index in [9.17, 15) is 4.39 Å². The van der Waals surface area contributed by atoms with Crippen LogP contribution < -0.4 is 10.5 Å². The van der Waals surface area contributed by atoms with Gasteiger partial charge in [-0.05, 0) is 18.2 Å². The molecular weight excluding hydrogens is 316 g/mol. The van der Waals surface area contributed by atoms with Crippen molar-refractivity contribution in [3.05, 3.63) is 46.2 Å². The van der Waals surface area contributed by atoms with Crippen LogP contribution in [-0.4, -0.2) is 16.7 Å². The fraction of sp³-hybridized carbons (Fsp3) is 0.0714. The number of benzene rings is 2. The van der Waals surface area contributed by atoms with E-state index >= 15 is 0 Å². The molecule has 108 valence electrons. The van der Waals surface area contributed by atoms with Crippen molar-refractivity contribution in [1.29, 1.82) is 0 Å². The number of hydrogen-bond acceptors (Lipinski definition) is 3. The van der Waals surface area contributed by atoms with Crippen LogP contribution in [-0.2, 0) is 0 Å². The lowest BCUT2D eigenvalue weighted by Crippen LogP contribution is -2.01. The monoisotopic (exact) mass is 325 g/mol. The van der Waals surface area contributed by atoms with Gasteiger partial charge in [-0.3, -0.25) is 4.57 Å². The molecule has 7 heteroatoms. The van der Waals surface area contributed by atoms with Gasteiger partial charge in [-0.2, -0.15) is 0 Å². The van der Waals surface area contributed by atoms with E-state index in [1.54, 1.807) is 22.8 Å². The van der Waals surface area contributed by atoms with Crippen LogP contribution in [0.25, 0.3) is 16.7 Å². The number of aromatic nitrogens is 2. The minimum atomic E-state index is -0.503. The second-order valence-corrected chi connectivity index (χ2v) is 5.22. The van der Waals surface area contributed by atoms with Gasteiger partial charge in [0, 0.05) is 17.2 Å². The second kappa shape index (κ2) is 5.09. The quantitative estimate of drug-likeness (QED) is 0.772. The summed E-state index contributed by atoms with van der Waals surface area (Å²) >= 11 is 12.1. The molecule has 0 bridgehead atoms. The van der Waals surface area contributed by atoms with Crippen LogP contribution in [0.5, 0.6) is 5.75 Å². The zero-order valence-electron chi connectivity index (χ0n) is 10.9. The first-order valence-electron chi connectivity index (χ1n) is 5.98.